The van der Waals surface area contributed by atoms with Gasteiger partial charge in [0.15, 0.2) is 11.7 Å². The van der Waals surface area contributed by atoms with E-state index in [1.807, 2.05) is 36.4 Å². The number of carbonyl (C=O) groups is 1. The fourth-order valence-electron chi connectivity index (χ4n) is 3.07. The number of benzene rings is 2. The monoisotopic (exact) mass is 277 g/mol. The van der Waals surface area contributed by atoms with Crippen molar-refractivity contribution < 1.29 is 9.53 Å². The van der Waals surface area contributed by atoms with Crippen molar-refractivity contribution in [2.24, 2.45) is 0 Å². The van der Waals surface area contributed by atoms with E-state index in [0.717, 1.165) is 6.42 Å². The van der Waals surface area contributed by atoms with Crippen LogP contribution in [0.25, 0.3) is 0 Å². The zero-order valence-corrected chi connectivity index (χ0v) is 11.5. The number of nitrogens with one attached hydrogen (secondary N) is 1. The molecule has 1 heterocycles. The summed E-state index contributed by atoms with van der Waals surface area (Å²) >= 11 is 0. The van der Waals surface area contributed by atoms with Crippen LogP contribution in [0, 0.1) is 0 Å². The Kier molecular flexibility index (Phi) is 2.78. The van der Waals surface area contributed by atoms with Crippen LogP contribution in [-0.2, 0) is 11.2 Å². The molecule has 2 aliphatic rings. The minimum atomic E-state index is -0.0358. The topological polar surface area (TPSA) is 38.3 Å². The molecule has 104 valence electrons. The van der Waals surface area contributed by atoms with Crippen LogP contribution in [0.1, 0.15) is 27.5 Å². The fraction of sp³-hybridized carbons (Fsp3) is 0.167. The van der Waals surface area contributed by atoms with Crippen LogP contribution in [0.15, 0.2) is 66.6 Å². The molecular formula is C18H15NO2. The summed E-state index contributed by atoms with van der Waals surface area (Å²) in [6, 6.07) is 17.8. The third kappa shape index (κ3) is 2.11. The average Bonchev–Trinajstić information content (AvgIpc) is 3.05. The minimum absolute atomic E-state index is 0.0358. The van der Waals surface area contributed by atoms with Crippen molar-refractivity contribution in [2.45, 2.75) is 18.6 Å². The Morgan fingerprint density at radius 3 is 2.71 bits per heavy atom. The predicted octanol–water partition coefficient (Wildman–Crippen LogP) is 3.00. The molecule has 0 bridgehead atoms. The van der Waals surface area contributed by atoms with E-state index >= 15 is 0 Å². The van der Waals surface area contributed by atoms with Gasteiger partial charge in [-0.15, -0.1) is 0 Å². The molecular weight excluding hydrogens is 262 g/mol. The molecule has 2 aromatic carbocycles. The maximum absolute atomic E-state index is 12.2. The molecule has 0 saturated carbocycles. The first-order chi connectivity index (χ1) is 10.3. The second-order valence-electron chi connectivity index (χ2n) is 5.42. The first-order valence-corrected chi connectivity index (χ1v) is 7.13. The number of rotatable bonds is 2. The first kappa shape index (κ1) is 12.2. The molecule has 21 heavy (non-hydrogen) atoms. The Balaban J connectivity index is 1.56. The van der Waals surface area contributed by atoms with Gasteiger partial charge in [-0.1, -0.05) is 54.6 Å². The molecule has 2 aromatic rings. The van der Waals surface area contributed by atoms with Crippen LogP contribution in [0.5, 0.6) is 0 Å². The molecule has 1 N–H and O–H groups in total. The predicted molar refractivity (Wildman–Crippen MR) is 79.8 cm³/mol. The van der Waals surface area contributed by atoms with Crippen molar-refractivity contribution in [3.63, 3.8) is 0 Å². The standard InChI is InChI=1S/C18H15NO2/c20-15(12-6-2-1-3-7-12)11-17-19-18-14-9-5-4-8-13(14)10-16(18)21-17/h1-9,11,16,18-19H,10H2/b17-11+/t16-,18+/m1/s1. The molecule has 3 heteroatoms. The molecule has 0 unspecified atom stereocenters. The van der Waals surface area contributed by atoms with Gasteiger partial charge in [-0.3, -0.25) is 4.79 Å². The number of allylic oxidation sites excluding steroid dienone is 1. The Morgan fingerprint density at radius 1 is 1.10 bits per heavy atom. The SMILES string of the molecule is O=C(/C=C1\N[C@H]2c3ccccc3C[C@H]2O1)c1ccccc1. The van der Waals surface area contributed by atoms with Gasteiger partial charge in [-0.25, -0.2) is 0 Å². The zero-order chi connectivity index (χ0) is 14.2. The molecule has 2 atom stereocenters. The molecule has 0 radical (unpaired) electrons. The van der Waals surface area contributed by atoms with Crippen molar-refractivity contribution in [2.75, 3.05) is 0 Å². The van der Waals surface area contributed by atoms with E-state index in [4.69, 9.17) is 4.74 Å². The molecule has 4 rings (SSSR count). The molecule has 1 fully saturated rings. The van der Waals surface area contributed by atoms with Gasteiger partial charge in [0.1, 0.15) is 6.10 Å². The number of ketones is 1. The van der Waals surface area contributed by atoms with Gasteiger partial charge in [0, 0.05) is 18.1 Å². The van der Waals surface area contributed by atoms with Gasteiger partial charge in [0.2, 0.25) is 0 Å². The fourth-order valence-corrected chi connectivity index (χ4v) is 3.07. The van der Waals surface area contributed by atoms with E-state index in [0.29, 0.717) is 11.4 Å². The van der Waals surface area contributed by atoms with Crippen molar-refractivity contribution in [3.05, 3.63) is 83.2 Å². The molecule has 1 aliphatic carbocycles. The second kappa shape index (κ2) is 4.77. The lowest BCUT2D eigenvalue weighted by Gasteiger charge is -2.06. The first-order valence-electron chi connectivity index (χ1n) is 7.13. The van der Waals surface area contributed by atoms with Gasteiger partial charge in [0.25, 0.3) is 0 Å². The number of fused-ring (bicyclic) bond motifs is 3. The molecule has 1 aliphatic heterocycles. The van der Waals surface area contributed by atoms with Crippen LogP contribution in [-0.4, -0.2) is 11.9 Å². The summed E-state index contributed by atoms with van der Waals surface area (Å²) in [5.74, 6) is 0.541. The van der Waals surface area contributed by atoms with Crippen molar-refractivity contribution in [1.82, 2.24) is 5.32 Å². The van der Waals surface area contributed by atoms with E-state index in [9.17, 15) is 4.79 Å². The van der Waals surface area contributed by atoms with Crippen LogP contribution in [0.4, 0.5) is 0 Å². The number of hydrogen-bond donors (Lipinski definition) is 1. The quantitative estimate of drug-likeness (QED) is 0.677. The number of carbonyl (C=O) groups excluding carboxylic acids is 1. The summed E-state index contributed by atoms with van der Waals surface area (Å²) in [7, 11) is 0. The Morgan fingerprint density at radius 2 is 1.86 bits per heavy atom. The number of ether oxygens (including phenoxy) is 1. The van der Waals surface area contributed by atoms with Crippen molar-refractivity contribution >= 4 is 5.78 Å². The number of hydrogen-bond acceptors (Lipinski definition) is 3. The zero-order valence-electron chi connectivity index (χ0n) is 11.5. The van der Waals surface area contributed by atoms with Crippen LogP contribution in [0.3, 0.4) is 0 Å². The lowest BCUT2D eigenvalue weighted by Crippen LogP contribution is -2.16. The Labute approximate surface area is 123 Å². The maximum Gasteiger partial charge on any atom is 0.191 e. The van der Waals surface area contributed by atoms with E-state index in [1.165, 1.54) is 11.1 Å². The molecule has 0 amide bonds. The molecule has 1 saturated heterocycles. The summed E-state index contributed by atoms with van der Waals surface area (Å²) in [6.07, 6.45) is 2.54. The third-order valence-corrected chi connectivity index (χ3v) is 4.08. The average molecular weight is 277 g/mol. The Hall–Kier alpha value is -2.55. The van der Waals surface area contributed by atoms with Gasteiger partial charge in [0.05, 0.1) is 6.04 Å². The van der Waals surface area contributed by atoms with E-state index in [-0.39, 0.29) is 17.9 Å². The Bertz CT molecular complexity index is 721. The molecule has 0 spiro atoms. The van der Waals surface area contributed by atoms with Crippen molar-refractivity contribution in [1.29, 1.82) is 0 Å². The molecule has 3 nitrogen and oxygen atoms in total. The van der Waals surface area contributed by atoms with Crippen LogP contribution < -0.4 is 5.32 Å². The van der Waals surface area contributed by atoms with E-state index in [1.54, 1.807) is 6.08 Å². The van der Waals surface area contributed by atoms with E-state index < -0.39 is 0 Å². The van der Waals surface area contributed by atoms with Gasteiger partial charge < -0.3 is 10.1 Å². The summed E-state index contributed by atoms with van der Waals surface area (Å²) in [5.41, 5.74) is 3.28. The highest BCUT2D eigenvalue weighted by molar-refractivity contribution is 6.04. The molecule has 0 aromatic heterocycles. The lowest BCUT2D eigenvalue weighted by atomic mass is 10.1. The summed E-state index contributed by atoms with van der Waals surface area (Å²) in [4.78, 5) is 12.2. The second-order valence-corrected chi connectivity index (χ2v) is 5.42. The van der Waals surface area contributed by atoms with Crippen molar-refractivity contribution in [3.8, 4) is 0 Å². The minimum Gasteiger partial charge on any atom is -0.473 e. The van der Waals surface area contributed by atoms with Gasteiger partial charge >= 0.3 is 0 Å². The van der Waals surface area contributed by atoms with Gasteiger partial charge in [-0.2, -0.15) is 0 Å². The highest BCUT2D eigenvalue weighted by Crippen LogP contribution is 2.38. The smallest absolute Gasteiger partial charge is 0.191 e. The maximum atomic E-state index is 12.2. The van der Waals surface area contributed by atoms with Crippen LogP contribution in [0.2, 0.25) is 0 Å². The van der Waals surface area contributed by atoms with Crippen LogP contribution >= 0.6 is 0 Å². The summed E-state index contributed by atoms with van der Waals surface area (Å²) in [5, 5.41) is 3.33. The lowest BCUT2D eigenvalue weighted by molar-refractivity contribution is 0.103. The van der Waals surface area contributed by atoms with E-state index in [2.05, 4.69) is 23.5 Å². The largest absolute Gasteiger partial charge is 0.473 e. The third-order valence-electron chi connectivity index (χ3n) is 4.08. The van der Waals surface area contributed by atoms with Gasteiger partial charge in [-0.05, 0) is 11.1 Å². The highest BCUT2D eigenvalue weighted by Gasteiger charge is 2.39. The summed E-state index contributed by atoms with van der Waals surface area (Å²) in [6.45, 7) is 0. The summed E-state index contributed by atoms with van der Waals surface area (Å²) < 4.78 is 5.89. The normalized spacial score (nSPS) is 24.1. The highest BCUT2D eigenvalue weighted by atomic mass is 16.5.